The van der Waals surface area contributed by atoms with E-state index in [1.165, 1.54) is 19.3 Å². The summed E-state index contributed by atoms with van der Waals surface area (Å²) in [5.74, 6) is 2.23. The molecule has 3 unspecified atom stereocenters. The van der Waals surface area contributed by atoms with E-state index in [9.17, 15) is 0 Å². The summed E-state index contributed by atoms with van der Waals surface area (Å²) >= 11 is 3.54. The van der Waals surface area contributed by atoms with Crippen molar-refractivity contribution in [2.45, 2.75) is 38.7 Å². The molecule has 0 bridgehead atoms. The molecular weight excluding hydrogens is 290 g/mol. The van der Waals surface area contributed by atoms with Crippen molar-refractivity contribution < 1.29 is 4.74 Å². The Morgan fingerprint density at radius 2 is 2.11 bits per heavy atom. The van der Waals surface area contributed by atoms with Crippen molar-refractivity contribution >= 4 is 15.9 Å². The monoisotopic (exact) mass is 311 g/mol. The highest BCUT2D eigenvalue weighted by molar-refractivity contribution is 9.10. The summed E-state index contributed by atoms with van der Waals surface area (Å²) in [6, 6.07) is 8.06. The number of rotatable bonds is 4. The summed E-state index contributed by atoms with van der Waals surface area (Å²) in [5, 5.41) is 0. The summed E-state index contributed by atoms with van der Waals surface area (Å²) in [6.45, 7) is 2.99. The normalized spacial score (nSPS) is 28.1. The van der Waals surface area contributed by atoms with Gasteiger partial charge in [0.15, 0.2) is 0 Å². The maximum absolute atomic E-state index is 6.19. The zero-order chi connectivity index (χ0) is 13.0. The van der Waals surface area contributed by atoms with E-state index in [1.807, 2.05) is 24.3 Å². The lowest BCUT2D eigenvalue weighted by Gasteiger charge is -2.35. The fourth-order valence-electron chi connectivity index (χ4n) is 2.76. The maximum Gasteiger partial charge on any atom is 0.133 e. The van der Waals surface area contributed by atoms with Gasteiger partial charge in [-0.25, -0.2) is 0 Å². The zero-order valence-corrected chi connectivity index (χ0v) is 12.5. The number of halogens is 1. The van der Waals surface area contributed by atoms with Gasteiger partial charge in [-0.1, -0.05) is 25.5 Å². The Morgan fingerprint density at radius 3 is 2.78 bits per heavy atom. The van der Waals surface area contributed by atoms with Gasteiger partial charge in [-0.05, 0) is 59.8 Å². The van der Waals surface area contributed by atoms with Gasteiger partial charge >= 0.3 is 0 Å². The molecule has 0 amide bonds. The quantitative estimate of drug-likeness (QED) is 0.912. The number of benzene rings is 1. The highest BCUT2D eigenvalue weighted by Crippen LogP contribution is 2.35. The first kappa shape index (κ1) is 13.9. The van der Waals surface area contributed by atoms with Gasteiger partial charge in [0.05, 0.1) is 4.47 Å². The van der Waals surface area contributed by atoms with Gasteiger partial charge in [0.2, 0.25) is 0 Å². The van der Waals surface area contributed by atoms with E-state index in [0.29, 0.717) is 5.92 Å². The third-order valence-electron chi connectivity index (χ3n) is 4.03. The summed E-state index contributed by atoms with van der Waals surface area (Å²) in [7, 11) is 0. The molecule has 3 heteroatoms. The highest BCUT2D eigenvalue weighted by atomic mass is 79.9. The fraction of sp³-hybridized carbons (Fsp3) is 0.600. The standard InChI is InChI=1S/C15H22BrNO/c1-2-11-7-8-12(10-17)15(9-11)18-14-6-4-3-5-13(14)16/h3-6,11-12,15H,2,7-10,17H2,1H3. The molecule has 1 aromatic carbocycles. The van der Waals surface area contributed by atoms with E-state index in [0.717, 1.165) is 29.1 Å². The molecule has 1 fully saturated rings. The van der Waals surface area contributed by atoms with E-state index >= 15 is 0 Å². The van der Waals surface area contributed by atoms with E-state index in [4.69, 9.17) is 10.5 Å². The summed E-state index contributed by atoms with van der Waals surface area (Å²) < 4.78 is 7.22. The van der Waals surface area contributed by atoms with Crippen LogP contribution in [0.25, 0.3) is 0 Å². The van der Waals surface area contributed by atoms with Gasteiger partial charge in [0.1, 0.15) is 11.9 Å². The highest BCUT2D eigenvalue weighted by Gasteiger charge is 2.30. The first-order chi connectivity index (χ1) is 8.74. The fourth-order valence-corrected chi connectivity index (χ4v) is 3.14. The van der Waals surface area contributed by atoms with Gasteiger partial charge < -0.3 is 10.5 Å². The Hall–Kier alpha value is -0.540. The minimum atomic E-state index is 0.271. The van der Waals surface area contributed by atoms with Crippen molar-refractivity contribution in [2.24, 2.45) is 17.6 Å². The number of nitrogens with two attached hydrogens (primary N) is 1. The molecule has 3 atom stereocenters. The number of hydrogen-bond acceptors (Lipinski definition) is 2. The number of para-hydroxylation sites is 1. The summed E-state index contributed by atoms with van der Waals surface area (Å²) in [5.41, 5.74) is 5.88. The van der Waals surface area contributed by atoms with Crippen molar-refractivity contribution in [1.82, 2.24) is 0 Å². The minimum absolute atomic E-state index is 0.271. The SMILES string of the molecule is CCC1CCC(CN)C(Oc2ccccc2Br)C1. The minimum Gasteiger partial charge on any atom is -0.489 e. The Bertz CT molecular complexity index is 383. The van der Waals surface area contributed by atoms with Crippen LogP contribution in [0.1, 0.15) is 32.6 Å². The topological polar surface area (TPSA) is 35.2 Å². The molecule has 1 aliphatic rings. The molecule has 0 aliphatic heterocycles. The predicted octanol–water partition coefficient (Wildman–Crippen LogP) is 3.98. The van der Waals surface area contributed by atoms with Crippen LogP contribution in [0, 0.1) is 11.8 Å². The molecule has 0 saturated heterocycles. The second kappa shape index (κ2) is 6.58. The molecule has 0 aromatic heterocycles. The van der Waals surface area contributed by atoms with Crippen LogP contribution in [0.3, 0.4) is 0 Å². The third-order valence-corrected chi connectivity index (χ3v) is 4.69. The van der Waals surface area contributed by atoms with Crippen LogP contribution < -0.4 is 10.5 Å². The van der Waals surface area contributed by atoms with E-state index in [2.05, 4.69) is 22.9 Å². The van der Waals surface area contributed by atoms with Crippen LogP contribution >= 0.6 is 15.9 Å². The second-order valence-corrected chi connectivity index (χ2v) is 6.02. The number of hydrogen-bond donors (Lipinski definition) is 1. The molecule has 2 rings (SSSR count). The van der Waals surface area contributed by atoms with Crippen molar-refractivity contribution in [3.05, 3.63) is 28.7 Å². The van der Waals surface area contributed by atoms with Crippen molar-refractivity contribution in [3.8, 4) is 5.75 Å². The molecule has 1 aliphatic carbocycles. The third kappa shape index (κ3) is 3.27. The molecule has 1 saturated carbocycles. The molecule has 2 N–H and O–H groups in total. The molecule has 0 radical (unpaired) electrons. The lowest BCUT2D eigenvalue weighted by molar-refractivity contribution is 0.0678. The number of ether oxygens (including phenoxy) is 1. The molecule has 2 nitrogen and oxygen atoms in total. The first-order valence-electron chi connectivity index (χ1n) is 6.85. The van der Waals surface area contributed by atoms with Gasteiger partial charge in [-0.3, -0.25) is 0 Å². The van der Waals surface area contributed by atoms with E-state index < -0.39 is 0 Å². The largest absolute Gasteiger partial charge is 0.489 e. The van der Waals surface area contributed by atoms with Crippen LogP contribution in [0.15, 0.2) is 28.7 Å². The smallest absolute Gasteiger partial charge is 0.133 e. The molecule has 18 heavy (non-hydrogen) atoms. The Labute approximate surface area is 118 Å². The molecule has 0 heterocycles. The second-order valence-electron chi connectivity index (χ2n) is 5.17. The Balaban J connectivity index is 2.07. The van der Waals surface area contributed by atoms with Gasteiger partial charge in [0, 0.05) is 5.92 Å². The van der Waals surface area contributed by atoms with Crippen LogP contribution in [-0.4, -0.2) is 12.6 Å². The lowest BCUT2D eigenvalue weighted by atomic mass is 9.78. The molecule has 100 valence electrons. The maximum atomic E-state index is 6.19. The van der Waals surface area contributed by atoms with E-state index in [-0.39, 0.29) is 6.10 Å². The average Bonchev–Trinajstić information content (AvgIpc) is 2.41. The van der Waals surface area contributed by atoms with Gasteiger partial charge in [0.25, 0.3) is 0 Å². The van der Waals surface area contributed by atoms with Crippen molar-refractivity contribution in [3.63, 3.8) is 0 Å². The molecule has 1 aromatic rings. The van der Waals surface area contributed by atoms with Gasteiger partial charge in [-0.15, -0.1) is 0 Å². The van der Waals surface area contributed by atoms with Crippen LogP contribution in [0.4, 0.5) is 0 Å². The van der Waals surface area contributed by atoms with Crippen molar-refractivity contribution in [2.75, 3.05) is 6.54 Å². The predicted molar refractivity (Wildman–Crippen MR) is 78.7 cm³/mol. The summed E-state index contributed by atoms with van der Waals surface area (Å²) in [6.07, 6.45) is 5.15. The van der Waals surface area contributed by atoms with Crippen molar-refractivity contribution in [1.29, 1.82) is 0 Å². The van der Waals surface area contributed by atoms with Gasteiger partial charge in [-0.2, -0.15) is 0 Å². The summed E-state index contributed by atoms with van der Waals surface area (Å²) in [4.78, 5) is 0. The molecular formula is C15H22BrNO. The Kier molecular flexibility index (Phi) is 5.07. The zero-order valence-electron chi connectivity index (χ0n) is 10.9. The first-order valence-corrected chi connectivity index (χ1v) is 7.65. The Morgan fingerprint density at radius 1 is 1.33 bits per heavy atom. The lowest BCUT2D eigenvalue weighted by Crippen LogP contribution is -2.38. The molecule has 0 spiro atoms. The average molecular weight is 312 g/mol. The van der Waals surface area contributed by atoms with Crippen LogP contribution in [0.2, 0.25) is 0 Å². The van der Waals surface area contributed by atoms with Crippen LogP contribution in [0.5, 0.6) is 5.75 Å². The van der Waals surface area contributed by atoms with E-state index in [1.54, 1.807) is 0 Å². The van der Waals surface area contributed by atoms with Crippen LogP contribution in [-0.2, 0) is 0 Å².